The standard InChI is InChI=1S/C24H30F2N2/c25-24(26)15-16-27(19-24)22-11-13-23(14-12-22)28(17-20-7-3-1-4-8-20)18-21-9-5-2-6-10-21/h1-10,22-23H,11-19H2/t22-,23-. The van der Waals surface area contributed by atoms with E-state index in [1.54, 1.807) is 0 Å². The molecule has 1 heterocycles. The number of nitrogens with zero attached hydrogens (tertiary/aromatic N) is 2. The van der Waals surface area contributed by atoms with Gasteiger partial charge in [-0.05, 0) is 36.8 Å². The van der Waals surface area contributed by atoms with Gasteiger partial charge in [-0.15, -0.1) is 0 Å². The lowest BCUT2D eigenvalue weighted by molar-refractivity contribution is 0.00284. The fourth-order valence-electron chi connectivity index (χ4n) is 4.81. The molecule has 2 aromatic rings. The molecule has 0 bridgehead atoms. The molecule has 28 heavy (non-hydrogen) atoms. The molecular weight excluding hydrogens is 354 g/mol. The highest BCUT2D eigenvalue weighted by molar-refractivity contribution is 5.17. The van der Waals surface area contributed by atoms with Gasteiger partial charge in [0.25, 0.3) is 5.92 Å². The van der Waals surface area contributed by atoms with Crippen molar-refractivity contribution < 1.29 is 8.78 Å². The van der Waals surface area contributed by atoms with Crippen molar-refractivity contribution in [3.05, 3.63) is 71.8 Å². The minimum atomic E-state index is -2.48. The first-order valence-corrected chi connectivity index (χ1v) is 10.5. The Morgan fingerprint density at radius 1 is 0.821 bits per heavy atom. The molecule has 2 aliphatic rings. The second-order valence-electron chi connectivity index (χ2n) is 8.41. The molecule has 0 aromatic heterocycles. The highest BCUT2D eigenvalue weighted by atomic mass is 19.3. The van der Waals surface area contributed by atoms with Gasteiger partial charge in [-0.2, -0.15) is 0 Å². The average Bonchev–Trinajstić information content (AvgIpc) is 3.09. The fourth-order valence-corrected chi connectivity index (χ4v) is 4.81. The SMILES string of the molecule is FC1(F)CCN([C@H]2CC[C@H](N(Cc3ccccc3)Cc3ccccc3)CC2)C1. The number of hydrogen-bond acceptors (Lipinski definition) is 2. The Balaban J connectivity index is 1.40. The van der Waals surface area contributed by atoms with Crippen LogP contribution in [-0.2, 0) is 13.1 Å². The topological polar surface area (TPSA) is 6.48 Å². The Hall–Kier alpha value is -1.78. The molecule has 0 amide bonds. The molecule has 2 fully saturated rings. The Morgan fingerprint density at radius 2 is 1.36 bits per heavy atom. The van der Waals surface area contributed by atoms with Crippen LogP contribution >= 0.6 is 0 Å². The number of likely N-dealkylation sites (tertiary alicyclic amines) is 1. The van der Waals surface area contributed by atoms with E-state index in [-0.39, 0.29) is 13.0 Å². The Kier molecular flexibility index (Phi) is 6.07. The summed E-state index contributed by atoms with van der Waals surface area (Å²) in [6, 6.07) is 22.1. The molecule has 150 valence electrons. The van der Waals surface area contributed by atoms with Gasteiger partial charge in [0, 0.05) is 38.1 Å². The molecule has 2 nitrogen and oxygen atoms in total. The molecule has 4 rings (SSSR count). The number of halogens is 2. The molecule has 1 aliphatic carbocycles. The van der Waals surface area contributed by atoms with E-state index >= 15 is 0 Å². The van der Waals surface area contributed by atoms with Crippen molar-refractivity contribution in [2.45, 2.75) is 63.2 Å². The van der Waals surface area contributed by atoms with Crippen LogP contribution in [-0.4, -0.2) is 40.9 Å². The van der Waals surface area contributed by atoms with Gasteiger partial charge in [0.05, 0.1) is 6.54 Å². The largest absolute Gasteiger partial charge is 0.294 e. The lowest BCUT2D eigenvalue weighted by Gasteiger charge is -2.39. The maximum Gasteiger partial charge on any atom is 0.261 e. The first-order chi connectivity index (χ1) is 13.6. The normalized spacial score (nSPS) is 25.2. The van der Waals surface area contributed by atoms with Crippen molar-refractivity contribution in [2.24, 2.45) is 0 Å². The molecule has 1 saturated carbocycles. The molecule has 1 saturated heterocycles. The van der Waals surface area contributed by atoms with Gasteiger partial charge >= 0.3 is 0 Å². The fraction of sp³-hybridized carbons (Fsp3) is 0.500. The summed E-state index contributed by atoms with van der Waals surface area (Å²) in [4.78, 5) is 4.62. The lowest BCUT2D eigenvalue weighted by atomic mass is 9.88. The second kappa shape index (κ2) is 8.71. The molecule has 0 radical (unpaired) electrons. The molecule has 0 N–H and O–H groups in total. The summed E-state index contributed by atoms with van der Waals surface area (Å²) >= 11 is 0. The third kappa shape index (κ3) is 4.98. The van der Waals surface area contributed by atoms with Crippen molar-refractivity contribution in [3.8, 4) is 0 Å². The Bertz CT molecular complexity index is 685. The highest BCUT2D eigenvalue weighted by Gasteiger charge is 2.41. The summed E-state index contributed by atoms with van der Waals surface area (Å²) in [5.74, 6) is -2.48. The van der Waals surface area contributed by atoms with Gasteiger partial charge in [0.2, 0.25) is 0 Å². The van der Waals surface area contributed by atoms with Crippen LogP contribution in [0.25, 0.3) is 0 Å². The van der Waals surface area contributed by atoms with Gasteiger partial charge in [-0.25, -0.2) is 8.78 Å². The predicted molar refractivity (Wildman–Crippen MR) is 109 cm³/mol. The van der Waals surface area contributed by atoms with Gasteiger partial charge < -0.3 is 0 Å². The first-order valence-electron chi connectivity index (χ1n) is 10.5. The molecule has 4 heteroatoms. The van der Waals surface area contributed by atoms with E-state index in [0.29, 0.717) is 18.6 Å². The number of rotatable bonds is 6. The van der Waals surface area contributed by atoms with Crippen LogP contribution in [0.15, 0.2) is 60.7 Å². The van der Waals surface area contributed by atoms with Gasteiger partial charge in [-0.3, -0.25) is 9.80 Å². The minimum Gasteiger partial charge on any atom is -0.294 e. The van der Waals surface area contributed by atoms with Crippen molar-refractivity contribution in [1.29, 1.82) is 0 Å². The van der Waals surface area contributed by atoms with Crippen molar-refractivity contribution >= 4 is 0 Å². The van der Waals surface area contributed by atoms with Crippen molar-refractivity contribution in [2.75, 3.05) is 13.1 Å². The zero-order valence-corrected chi connectivity index (χ0v) is 16.4. The van der Waals surface area contributed by atoms with E-state index in [1.165, 1.54) is 11.1 Å². The summed E-state index contributed by atoms with van der Waals surface area (Å²) in [7, 11) is 0. The summed E-state index contributed by atoms with van der Waals surface area (Å²) in [5.41, 5.74) is 2.67. The van der Waals surface area contributed by atoms with E-state index in [4.69, 9.17) is 0 Å². The average molecular weight is 385 g/mol. The first kappa shape index (κ1) is 19.5. The molecular formula is C24H30F2N2. The highest BCUT2D eigenvalue weighted by Crippen LogP contribution is 2.34. The van der Waals surface area contributed by atoms with Gasteiger partial charge in [0.1, 0.15) is 0 Å². The second-order valence-corrected chi connectivity index (χ2v) is 8.41. The van der Waals surface area contributed by atoms with E-state index in [2.05, 4.69) is 65.6 Å². The third-order valence-corrected chi connectivity index (χ3v) is 6.36. The third-order valence-electron chi connectivity index (χ3n) is 6.36. The molecule has 0 unspecified atom stereocenters. The quantitative estimate of drug-likeness (QED) is 0.663. The van der Waals surface area contributed by atoms with Crippen LogP contribution in [0.3, 0.4) is 0 Å². The zero-order chi connectivity index (χ0) is 19.4. The van der Waals surface area contributed by atoms with Gasteiger partial charge in [-0.1, -0.05) is 60.7 Å². The predicted octanol–water partition coefficient (Wildman–Crippen LogP) is 5.34. The number of alkyl halides is 2. The Labute approximate surface area is 167 Å². The molecule has 0 spiro atoms. The minimum absolute atomic E-state index is 0.0288. The molecule has 2 aromatic carbocycles. The zero-order valence-electron chi connectivity index (χ0n) is 16.4. The van der Waals surface area contributed by atoms with Crippen LogP contribution < -0.4 is 0 Å². The maximum atomic E-state index is 13.6. The van der Waals surface area contributed by atoms with E-state index in [9.17, 15) is 8.78 Å². The van der Waals surface area contributed by atoms with Crippen molar-refractivity contribution in [3.63, 3.8) is 0 Å². The van der Waals surface area contributed by atoms with Crippen LogP contribution in [0.1, 0.15) is 43.2 Å². The smallest absolute Gasteiger partial charge is 0.261 e. The van der Waals surface area contributed by atoms with Crippen LogP contribution in [0.4, 0.5) is 8.78 Å². The van der Waals surface area contributed by atoms with E-state index < -0.39 is 5.92 Å². The molecule has 1 aliphatic heterocycles. The summed E-state index contributed by atoms with van der Waals surface area (Å²) in [6.45, 7) is 2.39. The maximum absolute atomic E-state index is 13.6. The van der Waals surface area contributed by atoms with Gasteiger partial charge in [0.15, 0.2) is 0 Å². The summed E-state index contributed by atoms with van der Waals surface area (Å²) < 4.78 is 27.2. The van der Waals surface area contributed by atoms with Crippen LogP contribution in [0.2, 0.25) is 0 Å². The van der Waals surface area contributed by atoms with Crippen molar-refractivity contribution in [1.82, 2.24) is 9.80 Å². The van der Waals surface area contributed by atoms with Crippen LogP contribution in [0.5, 0.6) is 0 Å². The summed E-state index contributed by atoms with van der Waals surface area (Å²) in [5, 5.41) is 0. The lowest BCUT2D eigenvalue weighted by Crippen LogP contribution is -2.43. The van der Waals surface area contributed by atoms with Crippen LogP contribution in [0, 0.1) is 0 Å². The molecule has 0 atom stereocenters. The van der Waals surface area contributed by atoms with E-state index in [0.717, 1.165) is 38.8 Å². The summed E-state index contributed by atoms with van der Waals surface area (Å²) in [6.07, 6.45) is 4.27. The monoisotopic (exact) mass is 384 g/mol. The number of benzene rings is 2. The number of hydrogen-bond donors (Lipinski definition) is 0. The van der Waals surface area contributed by atoms with E-state index in [1.807, 2.05) is 4.90 Å². The Morgan fingerprint density at radius 3 is 1.82 bits per heavy atom.